The Kier molecular flexibility index (Phi) is 4.86. The van der Waals surface area contributed by atoms with Gasteiger partial charge in [-0.05, 0) is 25.3 Å². The first kappa shape index (κ1) is 12.8. The Morgan fingerprint density at radius 2 is 2.00 bits per heavy atom. The fourth-order valence-corrected chi connectivity index (χ4v) is 1.51. The Hall–Kier alpha value is -0.290. The molecule has 0 aromatic heterocycles. The van der Waals surface area contributed by atoms with Crippen LogP contribution >= 0.6 is 0 Å². The van der Waals surface area contributed by atoms with Crippen molar-refractivity contribution in [2.24, 2.45) is 5.92 Å². The molecule has 90 valence electrons. The first-order valence-electron chi connectivity index (χ1n) is 5.51. The minimum absolute atomic E-state index is 0.417. The van der Waals surface area contributed by atoms with Gasteiger partial charge in [-0.1, -0.05) is 6.92 Å². The van der Waals surface area contributed by atoms with E-state index in [4.69, 9.17) is 0 Å². The summed E-state index contributed by atoms with van der Waals surface area (Å²) in [6.07, 6.45) is -1.52. The highest BCUT2D eigenvalue weighted by molar-refractivity contribution is 4.77. The predicted octanol–water partition coefficient (Wildman–Crippen LogP) is 1.87. The summed E-state index contributed by atoms with van der Waals surface area (Å²) in [6, 6.07) is 0. The van der Waals surface area contributed by atoms with Gasteiger partial charge >= 0.3 is 6.18 Å². The third-order valence-corrected chi connectivity index (χ3v) is 2.59. The Bertz CT molecular complexity index is 178. The average molecular weight is 224 g/mol. The van der Waals surface area contributed by atoms with E-state index in [1.807, 2.05) is 6.92 Å². The van der Waals surface area contributed by atoms with Crippen molar-refractivity contribution < 1.29 is 13.2 Å². The molecule has 2 nitrogen and oxygen atoms in total. The highest BCUT2D eigenvalue weighted by atomic mass is 19.4. The van der Waals surface area contributed by atoms with Gasteiger partial charge in [-0.15, -0.1) is 0 Å². The molecule has 1 aliphatic carbocycles. The molecule has 1 rings (SSSR count). The molecule has 0 saturated heterocycles. The van der Waals surface area contributed by atoms with Crippen molar-refractivity contribution in [2.75, 3.05) is 32.7 Å². The third-order valence-electron chi connectivity index (χ3n) is 2.59. The molecule has 1 N–H and O–H groups in total. The lowest BCUT2D eigenvalue weighted by atomic mass is 10.3. The van der Waals surface area contributed by atoms with Gasteiger partial charge in [-0.3, -0.25) is 0 Å². The van der Waals surface area contributed by atoms with Gasteiger partial charge in [0.2, 0.25) is 0 Å². The van der Waals surface area contributed by atoms with Crippen LogP contribution in [0.15, 0.2) is 0 Å². The number of nitrogens with one attached hydrogen (secondary N) is 1. The summed E-state index contributed by atoms with van der Waals surface area (Å²) in [5, 5.41) is 2.42. The summed E-state index contributed by atoms with van der Waals surface area (Å²) in [5.41, 5.74) is 0. The van der Waals surface area contributed by atoms with E-state index in [0.29, 0.717) is 13.1 Å². The second kappa shape index (κ2) is 5.70. The van der Waals surface area contributed by atoms with Crippen LogP contribution in [0.25, 0.3) is 0 Å². The smallest absolute Gasteiger partial charge is 0.307 e. The van der Waals surface area contributed by atoms with Crippen molar-refractivity contribution in [3.63, 3.8) is 0 Å². The number of alkyl halides is 3. The number of halogens is 3. The lowest BCUT2D eigenvalue weighted by Gasteiger charge is -2.20. The maximum absolute atomic E-state index is 11.8. The second-order valence-corrected chi connectivity index (χ2v) is 4.13. The summed E-state index contributed by atoms with van der Waals surface area (Å²) >= 11 is 0. The average Bonchev–Trinajstić information content (AvgIpc) is 2.92. The van der Waals surface area contributed by atoms with Gasteiger partial charge in [0.25, 0.3) is 0 Å². The van der Waals surface area contributed by atoms with Crippen LogP contribution in [0.5, 0.6) is 0 Å². The molecule has 5 heteroatoms. The number of likely N-dealkylation sites (N-methyl/N-ethyl adjacent to an activating group) is 1. The van der Waals surface area contributed by atoms with Crippen LogP contribution in [0.1, 0.15) is 19.8 Å². The van der Waals surface area contributed by atoms with Gasteiger partial charge in [-0.25, -0.2) is 0 Å². The highest BCUT2D eigenvalue weighted by Gasteiger charge is 2.26. The van der Waals surface area contributed by atoms with E-state index in [0.717, 1.165) is 19.0 Å². The van der Waals surface area contributed by atoms with E-state index < -0.39 is 12.7 Å². The van der Waals surface area contributed by atoms with E-state index in [9.17, 15) is 13.2 Å². The first-order chi connectivity index (χ1) is 7.01. The molecule has 1 aliphatic rings. The minimum Gasteiger partial charge on any atom is -0.307 e. The SMILES string of the molecule is CCN(CCNCC(F)(F)F)CC1CC1. The van der Waals surface area contributed by atoms with Crippen LogP contribution in [0.2, 0.25) is 0 Å². The summed E-state index contributed by atoms with van der Waals surface area (Å²) < 4.78 is 35.4. The number of hydrogen-bond donors (Lipinski definition) is 1. The van der Waals surface area contributed by atoms with Gasteiger partial charge in [0, 0.05) is 19.6 Å². The molecule has 0 atom stereocenters. The normalized spacial score (nSPS) is 17.4. The van der Waals surface area contributed by atoms with Crippen LogP contribution in [-0.4, -0.2) is 43.8 Å². The molecule has 0 amide bonds. The van der Waals surface area contributed by atoms with Crippen LogP contribution in [0.4, 0.5) is 13.2 Å². The summed E-state index contributed by atoms with van der Waals surface area (Å²) in [6.45, 7) is 4.26. The molecule has 0 bridgehead atoms. The van der Waals surface area contributed by atoms with Gasteiger partial charge in [-0.2, -0.15) is 13.2 Å². The van der Waals surface area contributed by atoms with E-state index in [1.165, 1.54) is 12.8 Å². The molecular weight excluding hydrogens is 205 g/mol. The molecule has 15 heavy (non-hydrogen) atoms. The van der Waals surface area contributed by atoms with Crippen LogP contribution in [0.3, 0.4) is 0 Å². The Morgan fingerprint density at radius 1 is 1.33 bits per heavy atom. The van der Waals surface area contributed by atoms with Crippen LogP contribution < -0.4 is 5.32 Å². The fourth-order valence-electron chi connectivity index (χ4n) is 1.51. The summed E-state index contributed by atoms with van der Waals surface area (Å²) in [5.74, 6) is 0.799. The standard InChI is InChI=1S/C10H19F3N2/c1-2-15(7-9-3-4-9)6-5-14-8-10(11,12)13/h9,14H,2-8H2,1H3. The number of nitrogens with zero attached hydrogens (tertiary/aromatic N) is 1. The monoisotopic (exact) mass is 224 g/mol. The maximum Gasteiger partial charge on any atom is 0.401 e. The van der Waals surface area contributed by atoms with Gasteiger partial charge in [0.05, 0.1) is 6.54 Å². The largest absolute Gasteiger partial charge is 0.401 e. The van der Waals surface area contributed by atoms with Crippen molar-refractivity contribution in [1.82, 2.24) is 10.2 Å². The lowest BCUT2D eigenvalue weighted by Crippen LogP contribution is -2.37. The van der Waals surface area contributed by atoms with E-state index in [1.54, 1.807) is 0 Å². The Labute approximate surface area is 88.8 Å². The van der Waals surface area contributed by atoms with E-state index >= 15 is 0 Å². The van der Waals surface area contributed by atoms with Crippen molar-refractivity contribution in [2.45, 2.75) is 25.9 Å². The number of hydrogen-bond acceptors (Lipinski definition) is 2. The van der Waals surface area contributed by atoms with E-state index in [2.05, 4.69) is 10.2 Å². The van der Waals surface area contributed by atoms with Gasteiger partial charge in [0.1, 0.15) is 0 Å². The lowest BCUT2D eigenvalue weighted by molar-refractivity contribution is -0.124. The van der Waals surface area contributed by atoms with Crippen LogP contribution in [0, 0.1) is 5.92 Å². The molecule has 0 aromatic carbocycles. The zero-order chi connectivity index (χ0) is 11.3. The van der Waals surface area contributed by atoms with Crippen molar-refractivity contribution in [3.05, 3.63) is 0 Å². The van der Waals surface area contributed by atoms with Gasteiger partial charge < -0.3 is 10.2 Å². The molecule has 1 saturated carbocycles. The Balaban J connectivity index is 2.01. The second-order valence-electron chi connectivity index (χ2n) is 4.13. The fraction of sp³-hybridized carbons (Fsp3) is 1.00. The first-order valence-corrected chi connectivity index (χ1v) is 5.51. The van der Waals surface area contributed by atoms with Crippen LogP contribution in [-0.2, 0) is 0 Å². The predicted molar refractivity (Wildman–Crippen MR) is 53.8 cm³/mol. The maximum atomic E-state index is 11.8. The zero-order valence-electron chi connectivity index (χ0n) is 9.11. The molecule has 0 spiro atoms. The summed E-state index contributed by atoms with van der Waals surface area (Å²) in [7, 11) is 0. The minimum atomic E-state index is -4.09. The Morgan fingerprint density at radius 3 is 2.47 bits per heavy atom. The van der Waals surface area contributed by atoms with Crippen molar-refractivity contribution >= 4 is 0 Å². The van der Waals surface area contributed by atoms with Gasteiger partial charge in [0.15, 0.2) is 0 Å². The molecule has 0 unspecified atom stereocenters. The molecule has 1 fully saturated rings. The topological polar surface area (TPSA) is 15.3 Å². The highest BCUT2D eigenvalue weighted by Crippen LogP contribution is 2.29. The molecule has 0 heterocycles. The zero-order valence-corrected chi connectivity index (χ0v) is 9.11. The third kappa shape index (κ3) is 6.73. The van der Waals surface area contributed by atoms with Crippen molar-refractivity contribution in [1.29, 1.82) is 0 Å². The molecule has 0 aliphatic heterocycles. The van der Waals surface area contributed by atoms with Crippen molar-refractivity contribution in [3.8, 4) is 0 Å². The van der Waals surface area contributed by atoms with E-state index in [-0.39, 0.29) is 0 Å². The number of rotatable bonds is 7. The molecule has 0 radical (unpaired) electrons. The quantitative estimate of drug-likeness (QED) is 0.664. The summed E-state index contributed by atoms with van der Waals surface area (Å²) in [4.78, 5) is 2.21. The molecule has 0 aromatic rings. The molecular formula is C10H19F3N2.